The molecule has 2 N–H and O–H groups in total. The fourth-order valence-corrected chi connectivity index (χ4v) is 5.41. The summed E-state index contributed by atoms with van der Waals surface area (Å²) < 4.78 is 0. The zero-order chi connectivity index (χ0) is 8.74. The van der Waals surface area contributed by atoms with Crippen molar-refractivity contribution in [2.24, 2.45) is 35.5 Å². The Bertz CT molecular complexity index is 235. The number of hydrogen-bond donors (Lipinski definition) is 2. The molecule has 4 aliphatic carbocycles. The van der Waals surface area contributed by atoms with Gasteiger partial charge in [0, 0.05) is 0 Å². The summed E-state index contributed by atoms with van der Waals surface area (Å²) in [7, 11) is 0. The van der Waals surface area contributed by atoms with Crippen molar-refractivity contribution in [3.05, 3.63) is 0 Å². The van der Waals surface area contributed by atoms with Crippen molar-refractivity contribution in [2.45, 2.75) is 31.5 Å². The lowest BCUT2D eigenvalue weighted by molar-refractivity contribution is 0.0365. The fourth-order valence-electron chi connectivity index (χ4n) is 5.41. The van der Waals surface area contributed by atoms with Gasteiger partial charge >= 0.3 is 0 Å². The van der Waals surface area contributed by atoms with Gasteiger partial charge in [0.05, 0.1) is 12.2 Å². The van der Waals surface area contributed by atoms with Crippen molar-refractivity contribution in [1.82, 2.24) is 0 Å². The first kappa shape index (κ1) is 7.24. The van der Waals surface area contributed by atoms with Gasteiger partial charge in [-0.1, -0.05) is 0 Å². The Kier molecular flexibility index (Phi) is 1.09. The molecule has 2 nitrogen and oxygen atoms in total. The molecule has 0 saturated heterocycles. The van der Waals surface area contributed by atoms with Crippen molar-refractivity contribution in [3.63, 3.8) is 0 Å². The van der Waals surface area contributed by atoms with Gasteiger partial charge in [0.1, 0.15) is 0 Å². The smallest absolute Gasteiger partial charge is 0.0577 e. The summed E-state index contributed by atoms with van der Waals surface area (Å²) in [6.45, 7) is 0. The molecule has 0 aliphatic heterocycles. The van der Waals surface area contributed by atoms with Gasteiger partial charge in [0.25, 0.3) is 0 Å². The Morgan fingerprint density at radius 2 is 1.08 bits per heavy atom. The predicted octanol–water partition coefficient (Wildman–Crippen LogP) is 0.630. The van der Waals surface area contributed by atoms with Crippen molar-refractivity contribution < 1.29 is 10.2 Å². The van der Waals surface area contributed by atoms with Crippen LogP contribution in [-0.4, -0.2) is 22.4 Å². The minimum atomic E-state index is -0.0788. The third-order valence-electron chi connectivity index (χ3n) is 5.54. The average Bonchev–Trinajstić information content (AvgIpc) is 2.67. The van der Waals surface area contributed by atoms with Crippen LogP contribution < -0.4 is 0 Å². The third kappa shape index (κ3) is 0.608. The van der Waals surface area contributed by atoms with E-state index in [4.69, 9.17) is 0 Å². The molecule has 0 aromatic carbocycles. The molecule has 13 heavy (non-hydrogen) atoms. The molecule has 72 valence electrons. The van der Waals surface area contributed by atoms with Crippen LogP contribution in [0, 0.1) is 35.5 Å². The second kappa shape index (κ2) is 1.96. The van der Waals surface area contributed by atoms with Gasteiger partial charge in [-0.25, -0.2) is 0 Å². The second-order valence-electron chi connectivity index (χ2n) is 5.65. The first-order chi connectivity index (χ1) is 6.27. The molecular formula is C11H16O2. The molecule has 8 atom stereocenters. The first-order valence-corrected chi connectivity index (χ1v) is 5.63. The van der Waals surface area contributed by atoms with Gasteiger partial charge in [-0.05, 0) is 54.8 Å². The van der Waals surface area contributed by atoms with E-state index in [-0.39, 0.29) is 12.2 Å². The Morgan fingerprint density at radius 3 is 1.54 bits per heavy atom. The van der Waals surface area contributed by atoms with Crippen molar-refractivity contribution in [3.8, 4) is 0 Å². The molecule has 2 bridgehead atoms. The van der Waals surface area contributed by atoms with Crippen molar-refractivity contribution in [1.29, 1.82) is 0 Å². The summed E-state index contributed by atoms with van der Waals surface area (Å²) >= 11 is 0. The molecule has 0 heterocycles. The van der Waals surface area contributed by atoms with Crippen LogP contribution in [-0.2, 0) is 0 Å². The number of hydrogen-bond acceptors (Lipinski definition) is 2. The van der Waals surface area contributed by atoms with Crippen LogP contribution in [0.1, 0.15) is 19.3 Å². The molecular weight excluding hydrogens is 164 g/mol. The molecule has 4 saturated carbocycles. The molecule has 0 aromatic rings. The third-order valence-corrected chi connectivity index (χ3v) is 5.54. The van der Waals surface area contributed by atoms with Gasteiger partial charge in [0.15, 0.2) is 0 Å². The minimum Gasteiger partial charge on any atom is -0.393 e. The van der Waals surface area contributed by atoms with E-state index >= 15 is 0 Å². The molecule has 0 spiro atoms. The summed E-state index contributed by atoms with van der Waals surface area (Å²) in [6, 6.07) is 0. The van der Waals surface area contributed by atoms with Crippen LogP contribution in [0.25, 0.3) is 0 Å². The van der Waals surface area contributed by atoms with Crippen LogP contribution in [0.4, 0.5) is 0 Å². The normalized spacial score (nSPS) is 72.5. The summed E-state index contributed by atoms with van der Waals surface area (Å²) in [5.41, 5.74) is 0. The Hall–Kier alpha value is -0.0800. The lowest BCUT2D eigenvalue weighted by Crippen LogP contribution is -2.30. The Balaban J connectivity index is 1.86. The van der Waals surface area contributed by atoms with Gasteiger partial charge in [-0.3, -0.25) is 0 Å². The first-order valence-electron chi connectivity index (χ1n) is 5.63. The molecule has 0 amide bonds. The van der Waals surface area contributed by atoms with Crippen molar-refractivity contribution >= 4 is 0 Å². The molecule has 0 unspecified atom stereocenters. The van der Waals surface area contributed by atoms with Crippen LogP contribution >= 0.6 is 0 Å². The number of aliphatic hydroxyl groups is 2. The van der Waals surface area contributed by atoms with Crippen LogP contribution in [0.2, 0.25) is 0 Å². The summed E-state index contributed by atoms with van der Waals surface area (Å²) in [6.07, 6.45) is 3.24. The predicted molar refractivity (Wildman–Crippen MR) is 46.8 cm³/mol. The number of aliphatic hydroxyl groups excluding tert-OH is 2. The fraction of sp³-hybridized carbons (Fsp3) is 1.00. The summed E-state index contributed by atoms with van der Waals surface area (Å²) in [5.74, 6) is 4.07. The van der Waals surface area contributed by atoms with Crippen LogP contribution in [0.5, 0.6) is 0 Å². The van der Waals surface area contributed by atoms with E-state index in [0.29, 0.717) is 11.8 Å². The van der Waals surface area contributed by atoms with E-state index in [2.05, 4.69) is 0 Å². The van der Waals surface area contributed by atoms with Gasteiger partial charge in [0.2, 0.25) is 0 Å². The average molecular weight is 180 g/mol. The lowest BCUT2D eigenvalue weighted by Gasteiger charge is -2.27. The molecule has 4 aliphatic rings. The highest BCUT2D eigenvalue weighted by molar-refractivity contribution is 5.17. The van der Waals surface area contributed by atoms with Crippen molar-refractivity contribution in [2.75, 3.05) is 0 Å². The summed E-state index contributed by atoms with van der Waals surface area (Å²) in [4.78, 5) is 0. The van der Waals surface area contributed by atoms with Gasteiger partial charge in [-0.15, -0.1) is 0 Å². The molecule has 2 heteroatoms. The maximum Gasteiger partial charge on any atom is 0.0577 e. The van der Waals surface area contributed by atoms with Crippen LogP contribution in [0.3, 0.4) is 0 Å². The Morgan fingerprint density at radius 1 is 0.615 bits per heavy atom. The lowest BCUT2D eigenvalue weighted by atomic mass is 9.79. The zero-order valence-electron chi connectivity index (χ0n) is 7.63. The molecule has 4 rings (SSSR count). The zero-order valence-corrected chi connectivity index (χ0v) is 7.63. The molecule has 0 aromatic heterocycles. The quantitative estimate of drug-likeness (QED) is 0.574. The monoisotopic (exact) mass is 180 g/mol. The van der Waals surface area contributed by atoms with E-state index in [1.807, 2.05) is 0 Å². The maximum atomic E-state index is 9.93. The van der Waals surface area contributed by atoms with E-state index < -0.39 is 0 Å². The number of rotatable bonds is 0. The minimum absolute atomic E-state index is 0.0788. The maximum absolute atomic E-state index is 9.93. The van der Waals surface area contributed by atoms with Gasteiger partial charge < -0.3 is 10.2 Å². The van der Waals surface area contributed by atoms with Crippen LogP contribution in [0.15, 0.2) is 0 Å². The highest BCUT2D eigenvalue weighted by Crippen LogP contribution is 2.70. The standard InChI is InChI=1S/C11H16O2/c12-8-2-4-5-3-9(13)11-7(5)1-6(4)10(8)11/h4-13H,1-3H2/t4-,5+,6+,7-,8+,9-,10-,11-/m1/s1. The van der Waals surface area contributed by atoms with E-state index in [9.17, 15) is 10.2 Å². The summed E-state index contributed by atoms with van der Waals surface area (Å²) in [5, 5.41) is 19.9. The SMILES string of the molecule is O[C@@H]1C[C@H]2[C@H]3C[C@H](O)[C@H]4[C@H]3C[C@H]2[C@@H]41. The molecule has 4 fully saturated rings. The van der Waals surface area contributed by atoms with Gasteiger partial charge in [-0.2, -0.15) is 0 Å². The second-order valence-corrected chi connectivity index (χ2v) is 5.65. The largest absolute Gasteiger partial charge is 0.393 e. The number of fused-ring (bicyclic) bond motifs is 2. The topological polar surface area (TPSA) is 40.5 Å². The van der Waals surface area contributed by atoms with E-state index in [0.717, 1.165) is 36.5 Å². The molecule has 0 radical (unpaired) electrons. The highest BCUT2D eigenvalue weighted by atomic mass is 16.3. The highest BCUT2D eigenvalue weighted by Gasteiger charge is 2.68. The van der Waals surface area contributed by atoms with E-state index in [1.54, 1.807) is 0 Å². The Labute approximate surface area is 78.0 Å². The van der Waals surface area contributed by atoms with E-state index in [1.165, 1.54) is 6.42 Å².